The Bertz CT molecular complexity index is 461. The van der Waals surface area contributed by atoms with E-state index in [-0.39, 0.29) is 12.0 Å². The Morgan fingerprint density at radius 2 is 1.62 bits per heavy atom. The summed E-state index contributed by atoms with van der Waals surface area (Å²) in [6.45, 7) is 10.2. The van der Waals surface area contributed by atoms with Crippen LogP contribution in [-0.4, -0.2) is 30.0 Å². The minimum absolute atomic E-state index is 0.123. The smallest absolute Gasteiger partial charge is 0.412 e. The summed E-state index contributed by atoms with van der Waals surface area (Å²) in [6.07, 6.45) is -0.468. The van der Waals surface area contributed by atoms with Gasteiger partial charge in [-0.15, -0.1) is 0 Å². The van der Waals surface area contributed by atoms with E-state index >= 15 is 0 Å². The largest absolute Gasteiger partial charge is 0.444 e. The molecule has 0 aliphatic carbocycles. The molecule has 118 valence electrons. The van der Waals surface area contributed by atoms with Crippen molar-refractivity contribution >= 4 is 17.5 Å². The average Bonchev–Trinajstić information content (AvgIpc) is 2.36. The van der Waals surface area contributed by atoms with Crippen molar-refractivity contribution in [2.75, 3.05) is 23.8 Å². The number of rotatable bonds is 5. The van der Waals surface area contributed by atoms with Gasteiger partial charge in [0.2, 0.25) is 0 Å². The number of aliphatic hydroxyl groups is 1. The van der Waals surface area contributed by atoms with Crippen molar-refractivity contribution in [3.63, 3.8) is 0 Å². The van der Waals surface area contributed by atoms with E-state index in [9.17, 15) is 9.90 Å². The Kier molecular flexibility index (Phi) is 5.61. The maximum Gasteiger partial charge on any atom is 0.412 e. The van der Waals surface area contributed by atoms with Crippen LogP contribution in [0, 0.1) is 5.41 Å². The zero-order valence-electron chi connectivity index (χ0n) is 13.5. The zero-order valence-corrected chi connectivity index (χ0v) is 13.5. The van der Waals surface area contributed by atoms with Gasteiger partial charge in [0.25, 0.3) is 0 Å². The minimum atomic E-state index is -0.512. The fourth-order valence-electron chi connectivity index (χ4n) is 1.49. The third-order valence-electron chi connectivity index (χ3n) is 2.73. The number of ether oxygens (including phenoxy) is 1. The number of nitrogens with one attached hydrogen (secondary N) is 2. The highest BCUT2D eigenvalue weighted by Gasteiger charge is 2.17. The van der Waals surface area contributed by atoms with Crippen LogP contribution < -0.4 is 10.6 Å². The lowest BCUT2D eigenvalue weighted by atomic mass is 9.95. The van der Waals surface area contributed by atoms with E-state index in [4.69, 9.17) is 4.74 Å². The van der Waals surface area contributed by atoms with Crippen molar-refractivity contribution in [1.29, 1.82) is 0 Å². The molecule has 1 aromatic rings. The SMILES string of the molecule is CC(C)(CO)CNc1ccc(NC(=O)OC(C)(C)C)cc1. The molecule has 0 aromatic heterocycles. The molecule has 0 radical (unpaired) electrons. The summed E-state index contributed by atoms with van der Waals surface area (Å²) in [7, 11) is 0. The fraction of sp³-hybridized carbons (Fsp3) is 0.562. The maximum absolute atomic E-state index is 11.6. The van der Waals surface area contributed by atoms with E-state index in [1.54, 1.807) is 12.1 Å². The van der Waals surface area contributed by atoms with E-state index < -0.39 is 11.7 Å². The summed E-state index contributed by atoms with van der Waals surface area (Å²) < 4.78 is 5.19. The molecule has 0 saturated heterocycles. The summed E-state index contributed by atoms with van der Waals surface area (Å²) in [4.78, 5) is 11.6. The number of carbonyl (C=O) groups is 1. The molecule has 0 atom stereocenters. The first-order valence-electron chi connectivity index (χ1n) is 7.06. The van der Waals surface area contributed by atoms with E-state index in [0.717, 1.165) is 5.69 Å². The van der Waals surface area contributed by atoms with Crippen LogP contribution >= 0.6 is 0 Å². The summed E-state index contributed by atoms with van der Waals surface area (Å²) in [5.74, 6) is 0. The molecule has 0 heterocycles. The predicted octanol–water partition coefficient (Wildman–Crippen LogP) is 3.46. The molecular formula is C16H26N2O3. The number of benzene rings is 1. The van der Waals surface area contributed by atoms with Crippen LogP contribution in [0.15, 0.2) is 24.3 Å². The monoisotopic (exact) mass is 294 g/mol. The maximum atomic E-state index is 11.6. The first kappa shape index (κ1) is 17.3. The van der Waals surface area contributed by atoms with Crippen LogP contribution in [0.3, 0.4) is 0 Å². The zero-order chi connectivity index (χ0) is 16.1. The third-order valence-corrected chi connectivity index (χ3v) is 2.73. The van der Waals surface area contributed by atoms with Crippen molar-refractivity contribution in [3.05, 3.63) is 24.3 Å². The summed E-state index contributed by atoms with van der Waals surface area (Å²) in [6, 6.07) is 7.36. The van der Waals surface area contributed by atoms with Gasteiger partial charge in [-0.25, -0.2) is 4.79 Å². The lowest BCUT2D eigenvalue weighted by Crippen LogP contribution is -2.27. The minimum Gasteiger partial charge on any atom is -0.444 e. The van der Waals surface area contributed by atoms with E-state index in [1.807, 2.05) is 46.8 Å². The Balaban J connectivity index is 2.53. The topological polar surface area (TPSA) is 70.6 Å². The van der Waals surface area contributed by atoms with Crippen LogP contribution in [0.4, 0.5) is 16.2 Å². The molecule has 0 bridgehead atoms. The van der Waals surface area contributed by atoms with Gasteiger partial charge in [-0.1, -0.05) is 13.8 Å². The van der Waals surface area contributed by atoms with Crippen LogP contribution in [0.1, 0.15) is 34.6 Å². The van der Waals surface area contributed by atoms with Gasteiger partial charge < -0.3 is 15.2 Å². The normalized spacial score (nSPS) is 11.9. The Labute approximate surface area is 126 Å². The number of hydrogen-bond acceptors (Lipinski definition) is 4. The van der Waals surface area contributed by atoms with Gasteiger partial charge in [-0.2, -0.15) is 0 Å². The lowest BCUT2D eigenvalue weighted by molar-refractivity contribution is 0.0636. The molecule has 1 rings (SSSR count). The molecule has 3 N–H and O–H groups in total. The third kappa shape index (κ3) is 6.99. The van der Waals surface area contributed by atoms with E-state index in [2.05, 4.69) is 10.6 Å². The quantitative estimate of drug-likeness (QED) is 0.777. The first-order valence-corrected chi connectivity index (χ1v) is 7.06. The van der Waals surface area contributed by atoms with Gasteiger partial charge in [-0.05, 0) is 45.0 Å². The van der Waals surface area contributed by atoms with Gasteiger partial charge in [-0.3, -0.25) is 5.32 Å². The molecular weight excluding hydrogens is 268 g/mol. The number of carbonyl (C=O) groups excluding carboxylic acids is 1. The molecule has 0 spiro atoms. The molecule has 0 aliphatic heterocycles. The van der Waals surface area contributed by atoms with Gasteiger partial charge in [0, 0.05) is 29.9 Å². The van der Waals surface area contributed by atoms with Gasteiger partial charge >= 0.3 is 6.09 Å². The van der Waals surface area contributed by atoms with Gasteiger partial charge in [0.1, 0.15) is 5.60 Å². The molecule has 1 aromatic carbocycles. The molecule has 0 saturated carbocycles. The molecule has 5 heteroatoms. The molecule has 5 nitrogen and oxygen atoms in total. The second-order valence-corrected chi connectivity index (χ2v) is 6.88. The summed E-state index contributed by atoms with van der Waals surface area (Å²) >= 11 is 0. The Morgan fingerprint density at radius 1 is 1.10 bits per heavy atom. The molecule has 1 amide bonds. The molecule has 21 heavy (non-hydrogen) atoms. The van der Waals surface area contributed by atoms with Crippen molar-refractivity contribution in [2.45, 2.75) is 40.2 Å². The van der Waals surface area contributed by atoms with Crippen LogP contribution in [0.2, 0.25) is 0 Å². The Hall–Kier alpha value is -1.75. The van der Waals surface area contributed by atoms with Crippen molar-refractivity contribution in [3.8, 4) is 0 Å². The lowest BCUT2D eigenvalue weighted by Gasteiger charge is -2.22. The standard InChI is InChI=1S/C16H26N2O3/c1-15(2,3)21-14(20)18-13-8-6-12(7-9-13)17-10-16(4,5)11-19/h6-9,17,19H,10-11H2,1-5H3,(H,18,20). The van der Waals surface area contributed by atoms with Crippen LogP contribution in [-0.2, 0) is 4.74 Å². The summed E-state index contributed by atoms with van der Waals surface area (Å²) in [5, 5.41) is 15.1. The highest BCUT2D eigenvalue weighted by molar-refractivity contribution is 5.85. The fourth-order valence-corrected chi connectivity index (χ4v) is 1.49. The van der Waals surface area contributed by atoms with E-state index in [0.29, 0.717) is 12.2 Å². The number of amides is 1. The number of anilines is 2. The van der Waals surface area contributed by atoms with Crippen LogP contribution in [0.5, 0.6) is 0 Å². The predicted molar refractivity (Wildman–Crippen MR) is 85.7 cm³/mol. The van der Waals surface area contributed by atoms with Crippen molar-refractivity contribution < 1.29 is 14.6 Å². The van der Waals surface area contributed by atoms with Gasteiger partial charge in [0.05, 0.1) is 0 Å². The molecule has 0 aliphatic rings. The van der Waals surface area contributed by atoms with Crippen molar-refractivity contribution in [2.24, 2.45) is 5.41 Å². The number of aliphatic hydroxyl groups excluding tert-OH is 1. The summed E-state index contributed by atoms with van der Waals surface area (Å²) in [5.41, 5.74) is 0.928. The highest BCUT2D eigenvalue weighted by atomic mass is 16.6. The Morgan fingerprint density at radius 3 is 2.10 bits per heavy atom. The molecule has 0 fully saturated rings. The second kappa shape index (κ2) is 6.80. The first-order chi connectivity index (χ1) is 9.61. The average molecular weight is 294 g/mol. The molecule has 0 unspecified atom stereocenters. The van der Waals surface area contributed by atoms with Crippen LogP contribution in [0.25, 0.3) is 0 Å². The van der Waals surface area contributed by atoms with E-state index in [1.165, 1.54) is 0 Å². The van der Waals surface area contributed by atoms with Crippen molar-refractivity contribution in [1.82, 2.24) is 0 Å². The number of hydrogen-bond donors (Lipinski definition) is 3. The second-order valence-electron chi connectivity index (χ2n) is 6.88. The van der Waals surface area contributed by atoms with Gasteiger partial charge in [0.15, 0.2) is 0 Å². The highest BCUT2D eigenvalue weighted by Crippen LogP contribution is 2.18.